The number of carbonyl (C=O) groups is 1. The zero-order valence-electron chi connectivity index (χ0n) is 12.2. The van der Waals surface area contributed by atoms with Gasteiger partial charge in [0.25, 0.3) is 0 Å². The zero-order chi connectivity index (χ0) is 15.9. The molecule has 2 rings (SSSR count). The molecule has 1 aromatic heterocycles. The summed E-state index contributed by atoms with van der Waals surface area (Å²) < 4.78 is 14.7. The maximum Gasteiger partial charge on any atom is 0.315 e. The summed E-state index contributed by atoms with van der Waals surface area (Å²) in [6.07, 6.45) is 4.28. The molecule has 0 saturated carbocycles. The highest BCUT2D eigenvalue weighted by Gasteiger charge is 2.11. The number of carbonyl (C=O) groups excluding carboxylic acids is 1. The molecular weight excluding hydrogens is 287 g/mol. The van der Waals surface area contributed by atoms with Crippen LogP contribution in [0.2, 0.25) is 0 Å². The molecule has 0 aliphatic heterocycles. The number of nitrogens with zero attached hydrogens (tertiary/aromatic N) is 2. The summed E-state index contributed by atoms with van der Waals surface area (Å²) >= 11 is 0. The molecule has 1 heterocycles. The number of aliphatic hydroxyl groups is 1. The van der Waals surface area contributed by atoms with Crippen molar-refractivity contribution in [3.05, 3.63) is 54.4 Å². The van der Waals surface area contributed by atoms with Gasteiger partial charge in [0.05, 0.1) is 12.4 Å². The molecule has 2 amide bonds. The molecule has 1 aromatic carbocycles. The van der Waals surface area contributed by atoms with E-state index in [1.165, 1.54) is 24.3 Å². The van der Waals surface area contributed by atoms with Crippen molar-refractivity contribution in [3.63, 3.8) is 0 Å². The first-order chi connectivity index (χ1) is 10.5. The van der Waals surface area contributed by atoms with Gasteiger partial charge in [-0.15, -0.1) is 0 Å². The van der Waals surface area contributed by atoms with E-state index in [1.807, 2.05) is 17.7 Å². The van der Waals surface area contributed by atoms with Gasteiger partial charge in [0, 0.05) is 31.5 Å². The second-order valence-corrected chi connectivity index (χ2v) is 5.08. The van der Waals surface area contributed by atoms with Crippen LogP contribution in [0.5, 0.6) is 0 Å². The third-order valence-corrected chi connectivity index (χ3v) is 3.13. The fourth-order valence-electron chi connectivity index (χ4n) is 2.02. The van der Waals surface area contributed by atoms with E-state index in [2.05, 4.69) is 15.6 Å². The van der Waals surface area contributed by atoms with Crippen LogP contribution in [0.1, 0.15) is 18.6 Å². The number of rotatable bonds is 6. The molecule has 2 aromatic rings. The monoisotopic (exact) mass is 306 g/mol. The van der Waals surface area contributed by atoms with Crippen LogP contribution >= 0.6 is 0 Å². The van der Waals surface area contributed by atoms with Gasteiger partial charge in [0.15, 0.2) is 0 Å². The van der Waals surface area contributed by atoms with Gasteiger partial charge < -0.3 is 20.3 Å². The Labute approximate surface area is 128 Å². The third-order valence-electron chi connectivity index (χ3n) is 3.13. The molecule has 0 aliphatic carbocycles. The van der Waals surface area contributed by atoms with E-state index in [0.717, 1.165) is 0 Å². The van der Waals surface area contributed by atoms with Crippen LogP contribution in [0.3, 0.4) is 0 Å². The highest BCUT2D eigenvalue weighted by molar-refractivity contribution is 5.74. The van der Waals surface area contributed by atoms with Crippen molar-refractivity contribution in [2.45, 2.75) is 25.6 Å². The lowest BCUT2D eigenvalue weighted by Crippen LogP contribution is -2.43. The van der Waals surface area contributed by atoms with Crippen LogP contribution in [0.15, 0.2) is 43.0 Å². The van der Waals surface area contributed by atoms with Gasteiger partial charge in [0.1, 0.15) is 5.82 Å². The lowest BCUT2D eigenvalue weighted by Gasteiger charge is -2.17. The highest BCUT2D eigenvalue weighted by atomic mass is 19.1. The van der Waals surface area contributed by atoms with Gasteiger partial charge in [-0.05, 0) is 24.6 Å². The molecule has 22 heavy (non-hydrogen) atoms. The van der Waals surface area contributed by atoms with Gasteiger partial charge in [-0.1, -0.05) is 12.1 Å². The minimum atomic E-state index is -0.879. The fraction of sp³-hybridized carbons (Fsp3) is 0.333. The third kappa shape index (κ3) is 4.85. The van der Waals surface area contributed by atoms with Gasteiger partial charge in [-0.25, -0.2) is 14.2 Å². The fourth-order valence-corrected chi connectivity index (χ4v) is 2.02. The van der Waals surface area contributed by atoms with Crippen LogP contribution in [-0.2, 0) is 6.54 Å². The average molecular weight is 306 g/mol. The molecule has 0 bridgehead atoms. The molecule has 7 heteroatoms. The predicted molar refractivity (Wildman–Crippen MR) is 79.6 cm³/mol. The molecule has 0 fully saturated rings. The minimum absolute atomic E-state index is 0.0509. The van der Waals surface area contributed by atoms with Crippen molar-refractivity contribution < 1.29 is 14.3 Å². The van der Waals surface area contributed by atoms with E-state index in [0.29, 0.717) is 12.1 Å². The minimum Gasteiger partial charge on any atom is -0.387 e. The molecule has 2 atom stereocenters. The topological polar surface area (TPSA) is 79.2 Å². The quantitative estimate of drug-likeness (QED) is 0.755. The van der Waals surface area contributed by atoms with Gasteiger partial charge in [-0.3, -0.25) is 0 Å². The normalized spacial score (nSPS) is 13.4. The first-order valence-corrected chi connectivity index (χ1v) is 6.98. The Bertz CT molecular complexity index is 586. The number of aromatic nitrogens is 2. The Morgan fingerprint density at radius 3 is 2.77 bits per heavy atom. The summed E-state index contributed by atoms with van der Waals surface area (Å²) in [7, 11) is 0. The summed E-state index contributed by atoms with van der Waals surface area (Å²) in [4.78, 5) is 15.7. The number of hydrogen-bond donors (Lipinski definition) is 3. The van der Waals surface area contributed by atoms with E-state index in [4.69, 9.17) is 0 Å². The molecule has 3 N–H and O–H groups in total. The Hall–Kier alpha value is -2.41. The van der Waals surface area contributed by atoms with E-state index in [-0.39, 0.29) is 24.4 Å². The summed E-state index contributed by atoms with van der Waals surface area (Å²) in [6.45, 7) is 2.53. The Balaban J connectivity index is 1.73. The molecule has 0 unspecified atom stereocenters. The number of hydrogen-bond acceptors (Lipinski definition) is 3. The molecule has 6 nitrogen and oxygen atoms in total. The lowest BCUT2D eigenvalue weighted by molar-refractivity contribution is 0.172. The van der Waals surface area contributed by atoms with E-state index < -0.39 is 6.10 Å². The van der Waals surface area contributed by atoms with E-state index in [9.17, 15) is 14.3 Å². The number of halogens is 1. The first-order valence-electron chi connectivity index (χ1n) is 6.98. The van der Waals surface area contributed by atoms with Crippen molar-refractivity contribution in [2.24, 2.45) is 0 Å². The number of nitrogens with one attached hydrogen (secondary N) is 2. The SMILES string of the molecule is C[C@@H](Cn1ccnc1)NC(=O)NC[C@H](O)c1ccc(F)cc1. The Morgan fingerprint density at radius 1 is 1.41 bits per heavy atom. The summed E-state index contributed by atoms with van der Waals surface area (Å²) in [5.41, 5.74) is 0.549. The maximum atomic E-state index is 12.8. The number of urea groups is 1. The first kappa shape index (κ1) is 16.0. The van der Waals surface area contributed by atoms with Gasteiger partial charge >= 0.3 is 6.03 Å². The maximum absolute atomic E-state index is 12.8. The Kier molecular flexibility index (Phi) is 5.48. The summed E-state index contributed by atoms with van der Waals surface area (Å²) in [5, 5.41) is 15.3. The van der Waals surface area contributed by atoms with Gasteiger partial charge in [0.2, 0.25) is 0 Å². The second kappa shape index (κ2) is 7.56. The van der Waals surface area contributed by atoms with Crippen LogP contribution in [0.25, 0.3) is 0 Å². The number of imidazole rings is 1. The number of aliphatic hydroxyl groups excluding tert-OH is 1. The summed E-state index contributed by atoms with van der Waals surface area (Å²) in [5.74, 6) is -0.366. The molecule has 0 radical (unpaired) electrons. The van der Waals surface area contributed by atoms with Crippen molar-refractivity contribution in [3.8, 4) is 0 Å². The van der Waals surface area contributed by atoms with E-state index in [1.54, 1.807) is 12.5 Å². The zero-order valence-corrected chi connectivity index (χ0v) is 12.2. The highest BCUT2D eigenvalue weighted by Crippen LogP contribution is 2.12. The molecule has 0 aliphatic rings. The van der Waals surface area contributed by atoms with Crippen LogP contribution in [0, 0.1) is 5.82 Å². The van der Waals surface area contributed by atoms with Crippen LogP contribution < -0.4 is 10.6 Å². The van der Waals surface area contributed by atoms with Crippen molar-refractivity contribution in [2.75, 3.05) is 6.54 Å². The predicted octanol–water partition coefficient (Wildman–Crippen LogP) is 1.44. The number of benzene rings is 1. The lowest BCUT2D eigenvalue weighted by atomic mass is 10.1. The smallest absolute Gasteiger partial charge is 0.315 e. The Morgan fingerprint density at radius 2 is 2.14 bits per heavy atom. The molecule has 118 valence electrons. The van der Waals surface area contributed by atoms with Crippen molar-refractivity contribution >= 4 is 6.03 Å². The van der Waals surface area contributed by atoms with E-state index >= 15 is 0 Å². The van der Waals surface area contributed by atoms with Crippen LogP contribution in [-0.4, -0.2) is 33.3 Å². The molecule has 0 spiro atoms. The second-order valence-electron chi connectivity index (χ2n) is 5.08. The largest absolute Gasteiger partial charge is 0.387 e. The number of amides is 2. The van der Waals surface area contributed by atoms with Crippen molar-refractivity contribution in [1.82, 2.24) is 20.2 Å². The standard InChI is InChI=1S/C15H19FN4O2/c1-11(9-20-7-6-17-10-20)19-15(22)18-8-14(21)12-2-4-13(16)5-3-12/h2-7,10-11,14,21H,8-9H2,1H3,(H2,18,19,22)/t11-,14-/m0/s1. The van der Waals surface area contributed by atoms with Crippen LogP contribution in [0.4, 0.5) is 9.18 Å². The molecule has 0 saturated heterocycles. The van der Waals surface area contributed by atoms with Gasteiger partial charge in [-0.2, -0.15) is 0 Å². The summed E-state index contributed by atoms with van der Waals surface area (Å²) in [6, 6.07) is 5.06. The average Bonchev–Trinajstić information content (AvgIpc) is 2.98. The molecular formula is C15H19FN4O2. The van der Waals surface area contributed by atoms with Crippen molar-refractivity contribution in [1.29, 1.82) is 0 Å².